The summed E-state index contributed by atoms with van der Waals surface area (Å²) in [5.41, 5.74) is 0.0242. The first-order chi connectivity index (χ1) is 6.61. The van der Waals surface area contributed by atoms with Crippen LogP contribution in [0.1, 0.15) is 26.7 Å². The number of amides is 1. The van der Waals surface area contributed by atoms with E-state index < -0.39 is 0 Å². The van der Waals surface area contributed by atoms with E-state index in [0.29, 0.717) is 6.61 Å². The van der Waals surface area contributed by atoms with E-state index in [2.05, 4.69) is 19.2 Å². The first-order valence-corrected chi connectivity index (χ1v) is 5.30. The highest BCUT2D eigenvalue weighted by molar-refractivity contribution is 5.69. The molecule has 14 heavy (non-hydrogen) atoms. The fourth-order valence-electron chi connectivity index (χ4n) is 2.41. The van der Waals surface area contributed by atoms with Gasteiger partial charge in [0.2, 0.25) is 0 Å². The number of cyclic esters (lactones) is 1. The molecule has 1 atom stereocenters. The topological polar surface area (TPSA) is 41.6 Å². The van der Waals surface area contributed by atoms with E-state index in [0.717, 1.165) is 25.9 Å². The van der Waals surface area contributed by atoms with Crippen molar-refractivity contribution in [1.82, 2.24) is 10.2 Å². The quantitative estimate of drug-likeness (QED) is 0.682. The lowest BCUT2D eigenvalue weighted by Crippen LogP contribution is -2.54. The summed E-state index contributed by atoms with van der Waals surface area (Å²) >= 11 is 0. The van der Waals surface area contributed by atoms with Crippen LogP contribution in [0, 0.1) is 0 Å². The summed E-state index contributed by atoms with van der Waals surface area (Å²) in [6.45, 7) is 6.70. The Labute approximate surface area is 84.6 Å². The van der Waals surface area contributed by atoms with Crippen molar-refractivity contribution in [3.63, 3.8) is 0 Å². The van der Waals surface area contributed by atoms with Gasteiger partial charge in [0.1, 0.15) is 0 Å². The summed E-state index contributed by atoms with van der Waals surface area (Å²) in [6.07, 6.45) is 1.85. The van der Waals surface area contributed by atoms with Crippen LogP contribution in [0.5, 0.6) is 0 Å². The van der Waals surface area contributed by atoms with Crippen LogP contribution in [0.4, 0.5) is 4.79 Å². The molecule has 1 N–H and O–H groups in total. The van der Waals surface area contributed by atoms with Crippen LogP contribution in [0.3, 0.4) is 0 Å². The molecule has 0 bridgehead atoms. The fourth-order valence-corrected chi connectivity index (χ4v) is 2.41. The van der Waals surface area contributed by atoms with Crippen molar-refractivity contribution in [1.29, 1.82) is 0 Å². The van der Waals surface area contributed by atoms with Gasteiger partial charge in [-0.15, -0.1) is 0 Å². The molecule has 0 aromatic carbocycles. The molecule has 2 saturated heterocycles. The van der Waals surface area contributed by atoms with Crippen LogP contribution in [0.15, 0.2) is 0 Å². The molecule has 2 rings (SSSR count). The SMILES string of the molecule is CC1(C)NCCC1N1CCCOC1=O. The Morgan fingerprint density at radius 2 is 2.36 bits per heavy atom. The van der Waals surface area contributed by atoms with E-state index in [1.807, 2.05) is 4.90 Å². The molecule has 2 aliphatic rings. The standard InChI is InChI=1S/C10H18N2O2/c1-10(2)8(4-5-11-10)12-6-3-7-14-9(12)13/h8,11H,3-7H2,1-2H3. The van der Waals surface area contributed by atoms with Crippen molar-refractivity contribution in [3.05, 3.63) is 0 Å². The molecule has 1 amide bonds. The van der Waals surface area contributed by atoms with Gasteiger partial charge in [0.15, 0.2) is 0 Å². The molecular weight excluding hydrogens is 180 g/mol. The second-order valence-electron chi connectivity index (χ2n) is 4.61. The van der Waals surface area contributed by atoms with Crippen LogP contribution < -0.4 is 5.32 Å². The highest BCUT2D eigenvalue weighted by Crippen LogP contribution is 2.26. The molecule has 0 aromatic rings. The van der Waals surface area contributed by atoms with Crippen LogP contribution in [-0.4, -0.2) is 42.3 Å². The van der Waals surface area contributed by atoms with Crippen molar-refractivity contribution in [3.8, 4) is 0 Å². The minimum atomic E-state index is -0.141. The van der Waals surface area contributed by atoms with Gasteiger partial charge in [-0.25, -0.2) is 4.79 Å². The molecule has 0 spiro atoms. The number of hydrogen-bond acceptors (Lipinski definition) is 3. The van der Waals surface area contributed by atoms with Gasteiger partial charge in [-0.05, 0) is 33.2 Å². The third-order valence-electron chi connectivity index (χ3n) is 3.21. The smallest absolute Gasteiger partial charge is 0.410 e. The average Bonchev–Trinajstić information content (AvgIpc) is 2.46. The van der Waals surface area contributed by atoms with Crippen molar-refractivity contribution in [2.24, 2.45) is 0 Å². The Balaban J connectivity index is 2.09. The van der Waals surface area contributed by atoms with E-state index in [1.165, 1.54) is 0 Å². The largest absolute Gasteiger partial charge is 0.449 e. The van der Waals surface area contributed by atoms with Gasteiger partial charge in [0.05, 0.1) is 12.6 Å². The summed E-state index contributed by atoms with van der Waals surface area (Å²) in [7, 11) is 0. The molecule has 4 heteroatoms. The van der Waals surface area contributed by atoms with Gasteiger partial charge in [-0.2, -0.15) is 0 Å². The Hall–Kier alpha value is -0.770. The Morgan fingerprint density at radius 1 is 1.57 bits per heavy atom. The zero-order chi connectivity index (χ0) is 10.2. The maximum atomic E-state index is 11.5. The van der Waals surface area contributed by atoms with Crippen molar-refractivity contribution >= 4 is 6.09 Å². The molecule has 0 saturated carbocycles. The normalized spacial score (nSPS) is 31.7. The summed E-state index contributed by atoms with van der Waals surface area (Å²) in [4.78, 5) is 13.4. The maximum Gasteiger partial charge on any atom is 0.410 e. The van der Waals surface area contributed by atoms with E-state index in [9.17, 15) is 4.79 Å². The highest BCUT2D eigenvalue weighted by atomic mass is 16.6. The van der Waals surface area contributed by atoms with E-state index >= 15 is 0 Å². The number of hydrogen-bond donors (Lipinski definition) is 1. The molecule has 2 aliphatic heterocycles. The lowest BCUT2D eigenvalue weighted by Gasteiger charge is -2.38. The van der Waals surface area contributed by atoms with Crippen molar-refractivity contribution in [2.45, 2.75) is 38.3 Å². The molecule has 2 heterocycles. The van der Waals surface area contributed by atoms with Crippen LogP contribution in [-0.2, 0) is 4.74 Å². The number of nitrogens with one attached hydrogen (secondary N) is 1. The average molecular weight is 198 g/mol. The van der Waals surface area contributed by atoms with Crippen LogP contribution in [0.2, 0.25) is 0 Å². The zero-order valence-electron chi connectivity index (χ0n) is 8.88. The molecule has 0 aromatic heterocycles. The number of ether oxygens (including phenoxy) is 1. The van der Waals surface area contributed by atoms with Crippen molar-refractivity contribution in [2.75, 3.05) is 19.7 Å². The minimum absolute atomic E-state index is 0.0242. The number of nitrogens with zero attached hydrogens (tertiary/aromatic N) is 1. The number of carbonyl (C=O) groups excluding carboxylic acids is 1. The lowest BCUT2D eigenvalue weighted by atomic mass is 9.95. The van der Waals surface area contributed by atoms with E-state index in [-0.39, 0.29) is 17.7 Å². The summed E-state index contributed by atoms with van der Waals surface area (Å²) in [5, 5.41) is 3.41. The molecule has 1 unspecified atom stereocenters. The number of carbonyl (C=O) groups is 1. The van der Waals surface area contributed by atoms with Gasteiger partial charge in [0.25, 0.3) is 0 Å². The van der Waals surface area contributed by atoms with Gasteiger partial charge in [0, 0.05) is 12.1 Å². The minimum Gasteiger partial charge on any atom is -0.449 e. The van der Waals surface area contributed by atoms with Crippen LogP contribution in [0.25, 0.3) is 0 Å². The first-order valence-electron chi connectivity index (χ1n) is 5.30. The summed E-state index contributed by atoms with van der Waals surface area (Å²) in [5.74, 6) is 0. The maximum absolute atomic E-state index is 11.5. The van der Waals surface area contributed by atoms with Crippen molar-refractivity contribution < 1.29 is 9.53 Å². The van der Waals surface area contributed by atoms with Gasteiger partial charge in [-0.3, -0.25) is 0 Å². The third kappa shape index (κ3) is 1.59. The predicted molar refractivity (Wildman–Crippen MR) is 53.2 cm³/mol. The summed E-state index contributed by atoms with van der Waals surface area (Å²) in [6, 6.07) is 0.287. The van der Waals surface area contributed by atoms with Gasteiger partial charge < -0.3 is 15.0 Å². The Kier molecular flexibility index (Phi) is 2.39. The molecule has 0 aliphatic carbocycles. The monoisotopic (exact) mass is 198 g/mol. The second-order valence-corrected chi connectivity index (χ2v) is 4.61. The molecule has 0 radical (unpaired) electrons. The highest BCUT2D eigenvalue weighted by Gasteiger charge is 2.41. The number of rotatable bonds is 1. The molecule has 80 valence electrons. The Bertz CT molecular complexity index is 240. The molecule has 2 fully saturated rings. The van der Waals surface area contributed by atoms with Gasteiger partial charge >= 0.3 is 6.09 Å². The first kappa shape index (κ1) is 9.77. The Morgan fingerprint density at radius 3 is 2.93 bits per heavy atom. The van der Waals surface area contributed by atoms with E-state index in [4.69, 9.17) is 4.74 Å². The molecule has 4 nitrogen and oxygen atoms in total. The predicted octanol–water partition coefficient (Wildman–Crippen LogP) is 0.969. The fraction of sp³-hybridized carbons (Fsp3) is 0.900. The van der Waals surface area contributed by atoms with Crippen LogP contribution >= 0.6 is 0 Å². The second kappa shape index (κ2) is 3.42. The van der Waals surface area contributed by atoms with Gasteiger partial charge in [-0.1, -0.05) is 0 Å². The third-order valence-corrected chi connectivity index (χ3v) is 3.21. The zero-order valence-corrected chi connectivity index (χ0v) is 8.88. The lowest BCUT2D eigenvalue weighted by molar-refractivity contribution is 0.0441. The molecular formula is C10H18N2O2. The van der Waals surface area contributed by atoms with E-state index in [1.54, 1.807) is 0 Å². The summed E-state index contributed by atoms with van der Waals surface area (Å²) < 4.78 is 5.06.